The quantitative estimate of drug-likeness (QED) is 0.0274. The number of allylic oxidation sites excluding steroid dienone is 4. The largest absolute Gasteiger partial charge is 0.481 e. The first-order chi connectivity index (χ1) is 32.3. The molecule has 0 amide bonds. The van der Waals surface area contributed by atoms with Gasteiger partial charge in [-0.25, -0.2) is 13.1 Å². The van der Waals surface area contributed by atoms with Gasteiger partial charge in [0, 0.05) is 68.2 Å². The van der Waals surface area contributed by atoms with Crippen LogP contribution < -0.4 is 9.62 Å². The van der Waals surface area contributed by atoms with E-state index in [-0.39, 0.29) is 61.7 Å². The van der Waals surface area contributed by atoms with E-state index in [4.69, 9.17) is 9.47 Å². The van der Waals surface area contributed by atoms with Gasteiger partial charge in [0.15, 0.2) is 12.3 Å². The fourth-order valence-corrected chi connectivity index (χ4v) is 12.5. The minimum atomic E-state index is -4.56. The van der Waals surface area contributed by atoms with E-state index in [1.165, 1.54) is 25.3 Å². The van der Waals surface area contributed by atoms with Crippen molar-refractivity contribution in [1.82, 2.24) is 4.72 Å². The average Bonchev–Trinajstić information content (AvgIpc) is 3.64. The van der Waals surface area contributed by atoms with E-state index in [9.17, 15) is 57.2 Å². The lowest BCUT2D eigenvalue weighted by Crippen LogP contribution is -2.33. The van der Waals surface area contributed by atoms with Crippen molar-refractivity contribution in [2.24, 2.45) is 0 Å². The molecule has 4 aromatic rings. The summed E-state index contributed by atoms with van der Waals surface area (Å²) in [7, 11) is -14.2. The third kappa shape index (κ3) is 12.3. The number of hydrogen-bond donors (Lipinski definition) is 5. The maximum absolute atomic E-state index is 13.3. The SMILES string of the molecule is COCCNS(=O)(=O)c1ccc2c3c(ccc2c1)[N+](CCOC)=C(/C=C/C=C1/N(CCCCCC(=O)O)c2ccc4cc(S(=O)(=O)O)ccc4c2C1(C)CCCS(=O)(=O)O)C3(C)CCCS(=O)(=O)O. The zero-order chi connectivity index (χ0) is 50.6. The van der Waals surface area contributed by atoms with Crippen molar-refractivity contribution >= 4 is 85.0 Å². The first-order valence-corrected chi connectivity index (χ1v) is 28.5. The molecule has 0 radical (unpaired) electrons. The van der Waals surface area contributed by atoms with E-state index in [0.717, 1.165) is 39.3 Å². The van der Waals surface area contributed by atoms with Crippen molar-refractivity contribution < 1.29 is 71.3 Å². The molecule has 0 spiro atoms. The smallest absolute Gasteiger partial charge is 0.303 e. The fourth-order valence-electron chi connectivity index (χ4n) is 9.89. The Kier molecular flexibility index (Phi) is 16.7. The predicted molar refractivity (Wildman–Crippen MR) is 263 cm³/mol. The molecule has 2 atom stereocenters. The summed E-state index contributed by atoms with van der Waals surface area (Å²) < 4.78 is 144. The maximum atomic E-state index is 13.3. The third-order valence-electron chi connectivity index (χ3n) is 13.0. The summed E-state index contributed by atoms with van der Waals surface area (Å²) in [6, 6.07) is 16.3. The second kappa shape index (κ2) is 21.4. The Morgan fingerprint density at radius 1 is 0.725 bits per heavy atom. The van der Waals surface area contributed by atoms with Gasteiger partial charge < -0.3 is 19.5 Å². The van der Waals surface area contributed by atoms with Crippen molar-refractivity contribution in [1.29, 1.82) is 0 Å². The minimum Gasteiger partial charge on any atom is -0.481 e. The fraction of sp³-hybridized carbons (Fsp3) is 0.447. The highest BCUT2D eigenvalue weighted by Gasteiger charge is 2.49. The van der Waals surface area contributed by atoms with E-state index >= 15 is 0 Å². The summed E-state index contributed by atoms with van der Waals surface area (Å²) in [4.78, 5) is 13.2. The highest BCUT2D eigenvalue weighted by atomic mass is 32.2. The Morgan fingerprint density at radius 2 is 1.32 bits per heavy atom. The lowest BCUT2D eigenvalue weighted by Gasteiger charge is -2.31. The van der Waals surface area contributed by atoms with Gasteiger partial charge >= 0.3 is 5.97 Å². The van der Waals surface area contributed by atoms with Crippen molar-refractivity contribution in [3.8, 4) is 0 Å². The molecule has 4 aromatic carbocycles. The Labute approximate surface area is 404 Å². The lowest BCUT2D eigenvalue weighted by molar-refractivity contribution is -0.441. The standard InChI is InChI=1S/C47H59N3O15S4/c1-46(22-9-29-66(53,54)55)41(49(25-7-5-6-13-43(51)52)39-20-15-34-32-36(69(61,62)63)17-19-38(34)44(39)46)11-8-12-42-47(2,23-10-30-67(56,57)58)45-37-18-16-35(68(59,60)48-24-27-64-3)31-33(37)14-21-40(45)50(42)26-28-65-4/h8,11-12,14-21,31-32,48H,5-7,9-10,13,22-30H2,1-4H3,(H3-,51,52,53,54,55,56,57,58,61,62,63)/p+1. The number of unbranched alkanes of at least 4 members (excludes halogenated alkanes) is 2. The minimum absolute atomic E-state index is 0.0126. The highest BCUT2D eigenvalue weighted by molar-refractivity contribution is 7.89. The van der Waals surface area contributed by atoms with Gasteiger partial charge in [-0.1, -0.05) is 30.7 Å². The van der Waals surface area contributed by atoms with Crippen LogP contribution in [0, 0.1) is 0 Å². The molecule has 0 bridgehead atoms. The Bertz CT molecular complexity index is 3170. The number of nitrogens with one attached hydrogen (secondary N) is 1. The number of hydrogen-bond acceptors (Lipinski definition) is 12. The molecule has 0 aromatic heterocycles. The van der Waals surface area contributed by atoms with Crippen LogP contribution in [0.15, 0.2) is 94.4 Å². The summed E-state index contributed by atoms with van der Waals surface area (Å²) >= 11 is 0. The third-order valence-corrected chi connectivity index (χ3v) is 16.9. The van der Waals surface area contributed by atoms with Crippen LogP contribution in [-0.4, -0.2) is 127 Å². The summed E-state index contributed by atoms with van der Waals surface area (Å²) in [5.74, 6) is -1.97. The van der Waals surface area contributed by atoms with Crippen LogP contribution in [0.4, 0.5) is 11.4 Å². The first kappa shape index (κ1) is 53.7. The van der Waals surface area contributed by atoms with Crippen LogP contribution in [0.1, 0.15) is 76.3 Å². The molecule has 69 heavy (non-hydrogen) atoms. The van der Waals surface area contributed by atoms with Crippen LogP contribution in [0.3, 0.4) is 0 Å². The summed E-state index contributed by atoms with van der Waals surface area (Å²) in [6.07, 6.45) is 7.74. The number of fused-ring (bicyclic) bond motifs is 6. The number of sulfonamides is 1. The van der Waals surface area contributed by atoms with Gasteiger partial charge in [-0.05, 0) is 122 Å². The number of aliphatic carboxylic acids is 1. The Hall–Kier alpha value is -4.62. The first-order valence-electron chi connectivity index (χ1n) is 22.4. The van der Waals surface area contributed by atoms with Crippen molar-refractivity contribution in [2.45, 2.75) is 85.8 Å². The van der Waals surface area contributed by atoms with Gasteiger partial charge in [-0.15, -0.1) is 0 Å². The molecule has 22 heteroatoms. The number of rotatable bonds is 25. The molecule has 0 fully saturated rings. The Morgan fingerprint density at radius 3 is 1.93 bits per heavy atom. The second-order valence-corrected chi connectivity index (χ2v) is 24.1. The molecular formula is C47H60N3O15S4+. The van der Waals surface area contributed by atoms with Gasteiger partial charge in [-0.2, -0.15) is 29.8 Å². The molecule has 0 aliphatic carbocycles. The van der Waals surface area contributed by atoms with Gasteiger partial charge in [0.05, 0.1) is 33.3 Å². The van der Waals surface area contributed by atoms with Crippen LogP contribution in [0.25, 0.3) is 21.5 Å². The number of methoxy groups -OCH3 is 2. The van der Waals surface area contributed by atoms with Crippen LogP contribution in [0.2, 0.25) is 0 Å². The van der Waals surface area contributed by atoms with Crippen LogP contribution >= 0.6 is 0 Å². The normalized spacial score (nSPS) is 19.4. The lowest BCUT2D eigenvalue weighted by atomic mass is 9.74. The van der Waals surface area contributed by atoms with E-state index in [1.54, 1.807) is 31.4 Å². The summed E-state index contributed by atoms with van der Waals surface area (Å²) in [6.45, 7) is 5.19. The number of anilines is 1. The van der Waals surface area contributed by atoms with E-state index in [0.29, 0.717) is 48.5 Å². The average molecular weight is 1040 g/mol. The number of carboxylic acid groups (broad SMARTS) is 1. The van der Waals surface area contributed by atoms with Crippen LogP contribution in [0.5, 0.6) is 0 Å². The highest BCUT2D eigenvalue weighted by Crippen LogP contribution is 2.54. The molecule has 2 aliphatic heterocycles. The maximum Gasteiger partial charge on any atom is 0.303 e. The Balaban J connectivity index is 1.54. The topological polar surface area (TPSA) is 271 Å². The molecule has 0 saturated heterocycles. The summed E-state index contributed by atoms with van der Waals surface area (Å²) in [5.41, 5.74) is 2.61. The molecule has 18 nitrogen and oxygen atoms in total. The number of nitrogens with zero attached hydrogens (tertiary/aromatic N) is 2. The predicted octanol–water partition coefficient (Wildman–Crippen LogP) is 6.37. The molecular weight excluding hydrogens is 975 g/mol. The molecule has 376 valence electrons. The van der Waals surface area contributed by atoms with Crippen molar-refractivity contribution in [2.75, 3.05) is 63.5 Å². The zero-order valence-corrected chi connectivity index (χ0v) is 42.2. The van der Waals surface area contributed by atoms with E-state index in [2.05, 4.69) is 14.2 Å². The van der Waals surface area contributed by atoms with Crippen LogP contribution in [-0.2, 0) is 65.5 Å². The van der Waals surface area contributed by atoms with Crippen molar-refractivity contribution in [3.05, 3.63) is 95.7 Å². The second-order valence-electron chi connectivity index (χ2n) is 17.8. The van der Waals surface area contributed by atoms with Crippen molar-refractivity contribution in [3.63, 3.8) is 0 Å². The molecule has 0 saturated carbocycles. The van der Waals surface area contributed by atoms with Gasteiger partial charge in [0.2, 0.25) is 15.7 Å². The number of ether oxygens (including phenoxy) is 2. The molecule has 2 unspecified atom stereocenters. The van der Waals surface area contributed by atoms with E-state index < -0.39 is 68.7 Å². The summed E-state index contributed by atoms with van der Waals surface area (Å²) in [5, 5.41) is 11.8. The number of carbonyl (C=O) groups is 1. The molecule has 5 N–H and O–H groups in total. The van der Waals surface area contributed by atoms with Gasteiger partial charge in [0.1, 0.15) is 6.61 Å². The molecule has 6 rings (SSSR count). The number of carboxylic acids is 1. The molecule has 2 heterocycles. The van der Waals surface area contributed by atoms with Gasteiger partial charge in [0.25, 0.3) is 30.4 Å². The van der Waals surface area contributed by atoms with E-state index in [1.807, 2.05) is 50.3 Å². The molecule has 2 aliphatic rings. The number of benzene rings is 4. The zero-order valence-electron chi connectivity index (χ0n) is 38.9. The monoisotopic (exact) mass is 1030 g/mol. The van der Waals surface area contributed by atoms with Gasteiger partial charge in [-0.3, -0.25) is 18.5 Å².